The van der Waals surface area contributed by atoms with Gasteiger partial charge in [0.2, 0.25) is 10.0 Å². The number of nitrogens with one attached hydrogen (secondary N) is 1. The van der Waals surface area contributed by atoms with Gasteiger partial charge in [0, 0.05) is 24.8 Å². The Morgan fingerprint density at radius 1 is 1.35 bits per heavy atom. The van der Waals surface area contributed by atoms with Crippen LogP contribution in [0.3, 0.4) is 0 Å². The highest BCUT2D eigenvalue weighted by molar-refractivity contribution is 7.89. The second-order valence-electron chi connectivity index (χ2n) is 4.34. The van der Waals surface area contributed by atoms with Crippen LogP contribution in [0.2, 0.25) is 10.0 Å². The van der Waals surface area contributed by atoms with E-state index in [2.05, 4.69) is 4.72 Å². The molecule has 8 heteroatoms. The summed E-state index contributed by atoms with van der Waals surface area (Å²) in [5.74, 6) is 0. The first-order chi connectivity index (χ1) is 9.31. The minimum absolute atomic E-state index is 0.0126. The third-order valence-corrected chi connectivity index (χ3v) is 5.08. The number of aliphatic hydroxyl groups excluding tert-OH is 1. The Kier molecular flexibility index (Phi) is 6.71. The molecule has 2 N–H and O–H groups in total. The van der Waals surface area contributed by atoms with Crippen LogP contribution in [0.1, 0.15) is 18.9 Å². The Balaban J connectivity index is 3.03. The van der Waals surface area contributed by atoms with E-state index in [-0.39, 0.29) is 27.6 Å². The molecule has 5 nitrogen and oxygen atoms in total. The molecule has 0 radical (unpaired) electrons. The number of aliphatic hydroxyl groups is 1. The van der Waals surface area contributed by atoms with Crippen molar-refractivity contribution in [1.29, 1.82) is 0 Å². The van der Waals surface area contributed by atoms with Gasteiger partial charge < -0.3 is 9.84 Å². The third-order valence-electron chi connectivity index (χ3n) is 2.67. The van der Waals surface area contributed by atoms with Crippen molar-refractivity contribution in [3.8, 4) is 0 Å². The monoisotopic (exact) mass is 341 g/mol. The lowest BCUT2D eigenvalue weighted by atomic mass is 10.2. The van der Waals surface area contributed by atoms with Crippen LogP contribution in [0, 0.1) is 0 Å². The maximum atomic E-state index is 12.2. The van der Waals surface area contributed by atoms with Gasteiger partial charge in [-0.25, -0.2) is 13.1 Å². The standard InChI is InChI=1S/C12H17Cl2NO4S/c1-8(3-4-19-2)15-20(17,18)12-5-9(7-16)10(13)6-11(12)14/h5-6,8,15-16H,3-4,7H2,1-2H3. The van der Waals surface area contributed by atoms with E-state index in [1.807, 2.05) is 0 Å². The molecule has 1 unspecified atom stereocenters. The molecule has 0 aliphatic carbocycles. The summed E-state index contributed by atoms with van der Waals surface area (Å²) >= 11 is 11.8. The molecule has 114 valence electrons. The van der Waals surface area contributed by atoms with Crippen LogP contribution in [0.25, 0.3) is 0 Å². The zero-order valence-corrected chi connectivity index (χ0v) is 13.5. The predicted molar refractivity (Wildman–Crippen MR) is 78.7 cm³/mol. The largest absolute Gasteiger partial charge is 0.392 e. The van der Waals surface area contributed by atoms with Crippen molar-refractivity contribution in [1.82, 2.24) is 4.72 Å². The number of hydrogen-bond acceptors (Lipinski definition) is 4. The first-order valence-corrected chi connectivity index (χ1v) is 8.15. The molecular weight excluding hydrogens is 325 g/mol. The number of sulfonamides is 1. The predicted octanol–water partition coefficient (Wildman–Crippen LogP) is 2.19. The summed E-state index contributed by atoms with van der Waals surface area (Å²) in [6, 6.07) is 2.28. The Hall–Kier alpha value is -0.370. The van der Waals surface area contributed by atoms with Gasteiger partial charge in [-0.15, -0.1) is 0 Å². The lowest BCUT2D eigenvalue weighted by Crippen LogP contribution is -2.33. The summed E-state index contributed by atoms with van der Waals surface area (Å²) in [6.45, 7) is 1.81. The second kappa shape index (κ2) is 7.59. The van der Waals surface area contributed by atoms with Crippen molar-refractivity contribution in [2.75, 3.05) is 13.7 Å². The zero-order chi connectivity index (χ0) is 15.3. The minimum atomic E-state index is -3.78. The molecule has 20 heavy (non-hydrogen) atoms. The summed E-state index contributed by atoms with van der Waals surface area (Å²) < 4.78 is 31.9. The molecule has 0 heterocycles. The molecule has 0 aromatic heterocycles. The van der Waals surface area contributed by atoms with Gasteiger partial charge in [-0.2, -0.15) is 0 Å². The molecule has 0 aliphatic rings. The van der Waals surface area contributed by atoms with Gasteiger partial charge in [0.25, 0.3) is 0 Å². The van der Waals surface area contributed by atoms with Crippen LogP contribution in [0.15, 0.2) is 17.0 Å². The molecule has 0 spiro atoms. The molecule has 0 saturated heterocycles. The van der Waals surface area contributed by atoms with E-state index in [1.54, 1.807) is 14.0 Å². The molecule has 0 fully saturated rings. The molecule has 1 rings (SSSR count). The lowest BCUT2D eigenvalue weighted by Gasteiger charge is -2.15. The molecule has 0 aliphatic heterocycles. The molecule has 1 aromatic carbocycles. The highest BCUT2D eigenvalue weighted by atomic mass is 35.5. The topological polar surface area (TPSA) is 75.6 Å². The Morgan fingerprint density at radius 3 is 2.55 bits per heavy atom. The van der Waals surface area contributed by atoms with Gasteiger partial charge in [0.1, 0.15) is 4.90 Å². The van der Waals surface area contributed by atoms with E-state index in [0.29, 0.717) is 18.6 Å². The average molecular weight is 342 g/mol. The first-order valence-electron chi connectivity index (χ1n) is 5.92. The fraction of sp³-hybridized carbons (Fsp3) is 0.500. The van der Waals surface area contributed by atoms with Crippen LogP contribution < -0.4 is 4.72 Å². The van der Waals surface area contributed by atoms with Crippen LogP contribution >= 0.6 is 23.2 Å². The van der Waals surface area contributed by atoms with Gasteiger partial charge in [0.05, 0.1) is 11.6 Å². The van der Waals surface area contributed by atoms with E-state index < -0.39 is 10.0 Å². The highest BCUT2D eigenvalue weighted by Crippen LogP contribution is 2.28. The van der Waals surface area contributed by atoms with Crippen molar-refractivity contribution in [2.24, 2.45) is 0 Å². The Bertz CT molecular complexity index is 563. The van der Waals surface area contributed by atoms with Gasteiger partial charge in [-0.1, -0.05) is 23.2 Å². The van der Waals surface area contributed by atoms with Crippen molar-refractivity contribution in [2.45, 2.75) is 30.9 Å². The van der Waals surface area contributed by atoms with E-state index in [4.69, 9.17) is 33.0 Å². The minimum Gasteiger partial charge on any atom is -0.392 e. The quantitative estimate of drug-likeness (QED) is 0.796. The van der Waals surface area contributed by atoms with Crippen LogP contribution in [0.5, 0.6) is 0 Å². The fourth-order valence-electron chi connectivity index (χ4n) is 1.58. The summed E-state index contributed by atoms with van der Waals surface area (Å²) in [4.78, 5) is -0.100. The van der Waals surface area contributed by atoms with Crippen molar-refractivity contribution < 1.29 is 18.3 Å². The van der Waals surface area contributed by atoms with E-state index in [1.165, 1.54) is 12.1 Å². The van der Waals surface area contributed by atoms with Gasteiger partial charge >= 0.3 is 0 Å². The van der Waals surface area contributed by atoms with Crippen molar-refractivity contribution in [3.63, 3.8) is 0 Å². The zero-order valence-electron chi connectivity index (χ0n) is 11.2. The van der Waals surface area contributed by atoms with Crippen LogP contribution in [-0.2, 0) is 21.4 Å². The third kappa shape index (κ3) is 4.58. The lowest BCUT2D eigenvalue weighted by molar-refractivity contribution is 0.188. The maximum absolute atomic E-state index is 12.2. The summed E-state index contributed by atoms with van der Waals surface area (Å²) in [7, 11) is -2.23. The van der Waals surface area contributed by atoms with Crippen LogP contribution in [0.4, 0.5) is 0 Å². The molecule has 0 amide bonds. The van der Waals surface area contributed by atoms with E-state index >= 15 is 0 Å². The Labute approximate surface area is 128 Å². The Morgan fingerprint density at radius 2 is 2.00 bits per heavy atom. The molecule has 1 atom stereocenters. The van der Waals surface area contributed by atoms with Gasteiger partial charge in [-0.05, 0) is 31.0 Å². The second-order valence-corrected chi connectivity index (χ2v) is 6.83. The van der Waals surface area contributed by atoms with E-state index in [0.717, 1.165) is 0 Å². The summed E-state index contributed by atoms with van der Waals surface area (Å²) in [5, 5.41) is 9.38. The molecule has 1 aromatic rings. The van der Waals surface area contributed by atoms with Crippen LogP contribution in [-0.4, -0.2) is 33.3 Å². The number of hydrogen-bond donors (Lipinski definition) is 2. The van der Waals surface area contributed by atoms with Crippen molar-refractivity contribution in [3.05, 3.63) is 27.7 Å². The summed E-state index contributed by atoms with van der Waals surface area (Å²) in [5.41, 5.74) is 0.306. The molecule has 0 saturated carbocycles. The SMILES string of the molecule is COCCC(C)NS(=O)(=O)c1cc(CO)c(Cl)cc1Cl. The number of halogens is 2. The molecule has 0 bridgehead atoms. The number of ether oxygens (including phenoxy) is 1. The highest BCUT2D eigenvalue weighted by Gasteiger charge is 2.22. The van der Waals surface area contributed by atoms with Gasteiger partial charge in [0.15, 0.2) is 0 Å². The average Bonchev–Trinajstić information content (AvgIpc) is 2.35. The van der Waals surface area contributed by atoms with Gasteiger partial charge in [-0.3, -0.25) is 0 Å². The van der Waals surface area contributed by atoms with Crippen molar-refractivity contribution >= 4 is 33.2 Å². The summed E-state index contributed by atoms with van der Waals surface area (Å²) in [6.07, 6.45) is 0.536. The van der Waals surface area contributed by atoms with E-state index in [9.17, 15) is 8.42 Å². The number of rotatable bonds is 7. The number of benzene rings is 1. The smallest absolute Gasteiger partial charge is 0.242 e. The fourth-order valence-corrected chi connectivity index (χ4v) is 3.72. The molecular formula is C12H17Cl2NO4S. The number of methoxy groups -OCH3 is 1. The maximum Gasteiger partial charge on any atom is 0.242 e. The first kappa shape index (κ1) is 17.7. The normalized spacial score (nSPS) is 13.4.